The number of unbranched alkanes of at least 4 members (excludes halogenated alkanes) is 1. The van der Waals surface area contributed by atoms with Crippen LogP contribution in [0.25, 0.3) is 0 Å². The van der Waals surface area contributed by atoms with Gasteiger partial charge in [-0.3, -0.25) is 0 Å². The van der Waals surface area contributed by atoms with E-state index in [0.29, 0.717) is 0 Å². The molecule has 0 aliphatic rings. The average Bonchev–Trinajstić information content (AvgIpc) is 2.76. The molecule has 0 aromatic carbocycles. The zero-order valence-electron chi connectivity index (χ0n) is 10.2. The molecule has 0 atom stereocenters. The minimum absolute atomic E-state index is 0.826. The fourth-order valence-corrected chi connectivity index (χ4v) is 1.86. The van der Waals surface area contributed by atoms with Crippen molar-refractivity contribution < 1.29 is 4.74 Å². The smallest absolute Gasteiger partial charge is 0.202 e. The van der Waals surface area contributed by atoms with Crippen LogP contribution in [-0.4, -0.2) is 29.1 Å². The van der Waals surface area contributed by atoms with Crippen molar-refractivity contribution >= 4 is 16.7 Å². The first kappa shape index (κ1) is 13.4. The summed E-state index contributed by atoms with van der Waals surface area (Å²) in [4.78, 5) is 4.33. The van der Waals surface area contributed by atoms with E-state index >= 15 is 0 Å². The minimum Gasteiger partial charge on any atom is -0.381 e. The molecule has 4 nitrogen and oxygen atoms in total. The van der Waals surface area contributed by atoms with Gasteiger partial charge in [0.1, 0.15) is 5.82 Å². The van der Waals surface area contributed by atoms with Gasteiger partial charge in [-0.1, -0.05) is 20.3 Å². The number of aryl methyl sites for hydroxylation is 1. The molecule has 1 heterocycles. The Morgan fingerprint density at radius 1 is 1.25 bits per heavy atom. The molecule has 0 saturated heterocycles. The zero-order valence-corrected chi connectivity index (χ0v) is 11.0. The van der Waals surface area contributed by atoms with Gasteiger partial charge in [0.25, 0.3) is 0 Å². The van der Waals surface area contributed by atoms with E-state index < -0.39 is 0 Å². The largest absolute Gasteiger partial charge is 0.381 e. The van der Waals surface area contributed by atoms with Crippen LogP contribution in [0.15, 0.2) is 0 Å². The summed E-state index contributed by atoms with van der Waals surface area (Å²) in [5.74, 6) is 0.923. The number of hydrogen-bond acceptors (Lipinski definition) is 5. The second kappa shape index (κ2) is 8.47. The first-order chi connectivity index (χ1) is 7.86. The minimum atomic E-state index is 0.826. The summed E-state index contributed by atoms with van der Waals surface area (Å²) < 4.78 is 9.68. The van der Waals surface area contributed by atoms with Crippen molar-refractivity contribution in [1.82, 2.24) is 9.36 Å². The van der Waals surface area contributed by atoms with E-state index in [1.54, 1.807) is 0 Å². The van der Waals surface area contributed by atoms with Crippen LogP contribution in [0.4, 0.5) is 5.13 Å². The monoisotopic (exact) mass is 243 g/mol. The van der Waals surface area contributed by atoms with Crippen molar-refractivity contribution in [1.29, 1.82) is 0 Å². The topological polar surface area (TPSA) is 47.0 Å². The Bertz CT molecular complexity index is 278. The normalized spacial score (nSPS) is 10.6. The van der Waals surface area contributed by atoms with Crippen LogP contribution in [0, 0.1) is 0 Å². The molecular weight excluding hydrogens is 222 g/mol. The first-order valence-electron chi connectivity index (χ1n) is 6.01. The highest BCUT2D eigenvalue weighted by Gasteiger charge is 2.00. The third-order valence-electron chi connectivity index (χ3n) is 2.17. The number of aromatic nitrogens is 2. The second-order valence-corrected chi connectivity index (χ2v) is 4.37. The predicted molar refractivity (Wildman–Crippen MR) is 68.1 cm³/mol. The van der Waals surface area contributed by atoms with E-state index in [9.17, 15) is 0 Å². The molecule has 1 rings (SSSR count). The molecule has 0 aliphatic carbocycles. The van der Waals surface area contributed by atoms with Gasteiger partial charge in [-0.25, -0.2) is 4.98 Å². The lowest BCUT2D eigenvalue weighted by Gasteiger charge is -2.03. The van der Waals surface area contributed by atoms with Crippen LogP contribution in [-0.2, 0) is 11.2 Å². The molecule has 92 valence electrons. The van der Waals surface area contributed by atoms with Gasteiger partial charge in [0, 0.05) is 37.7 Å². The van der Waals surface area contributed by atoms with Gasteiger partial charge in [-0.2, -0.15) is 4.37 Å². The van der Waals surface area contributed by atoms with Crippen LogP contribution in [0.5, 0.6) is 0 Å². The van der Waals surface area contributed by atoms with Crippen molar-refractivity contribution in [3.63, 3.8) is 0 Å². The number of ether oxygens (including phenoxy) is 1. The summed E-state index contributed by atoms with van der Waals surface area (Å²) in [5.41, 5.74) is 0. The highest BCUT2D eigenvalue weighted by atomic mass is 32.1. The SMILES string of the molecule is CCCCOCCCNc1nc(CC)ns1. The Morgan fingerprint density at radius 2 is 2.06 bits per heavy atom. The van der Waals surface area contributed by atoms with Crippen LogP contribution >= 0.6 is 11.5 Å². The molecule has 1 aromatic rings. The van der Waals surface area contributed by atoms with Crippen LogP contribution < -0.4 is 5.32 Å². The van der Waals surface area contributed by atoms with Crippen molar-refractivity contribution in [3.8, 4) is 0 Å². The molecule has 1 aromatic heterocycles. The Labute approximate surface area is 102 Å². The molecule has 0 radical (unpaired) electrons. The molecule has 0 saturated carbocycles. The molecule has 5 heteroatoms. The molecular formula is C11H21N3OS. The highest BCUT2D eigenvalue weighted by Crippen LogP contribution is 2.10. The van der Waals surface area contributed by atoms with Crippen molar-refractivity contribution in [3.05, 3.63) is 5.82 Å². The molecule has 0 spiro atoms. The first-order valence-corrected chi connectivity index (χ1v) is 6.78. The third-order valence-corrected chi connectivity index (χ3v) is 2.88. The lowest BCUT2D eigenvalue weighted by Crippen LogP contribution is -2.06. The van der Waals surface area contributed by atoms with Gasteiger partial charge >= 0.3 is 0 Å². The van der Waals surface area contributed by atoms with Crippen molar-refractivity contribution in [2.24, 2.45) is 0 Å². The molecule has 0 unspecified atom stereocenters. The molecule has 0 bridgehead atoms. The van der Waals surface area contributed by atoms with Gasteiger partial charge in [0.15, 0.2) is 0 Å². The predicted octanol–water partition coefficient (Wildman–Crippen LogP) is 2.72. The maximum Gasteiger partial charge on any atom is 0.202 e. The van der Waals surface area contributed by atoms with Gasteiger partial charge in [-0.15, -0.1) is 0 Å². The van der Waals surface area contributed by atoms with Gasteiger partial charge < -0.3 is 10.1 Å². The third kappa shape index (κ3) is 5.42. The summed E-state index contributed by atoms with van der Waals surface area (Å²) in [5, 5.41) is 4.18. The van der Waals surface area contributed by atoms with E-state index in [1.807, 2.05) is 0 Å². The molecule has 0 fully saturated rings. The van der Waals surface area contributed by atoms with Gasteiger partial charge in [-0.05, 0) is 12.8 Å². The lowest BCUT2D eigenvalue weighted by atomic mass is 10.4. The number of rotatable bonds is 9. The van der Waals surface area contributed by atoms with Crippen molar-refractivity contribution in [2.45, 2.75) is 39.5 Å². The Morgan fingerprint density at radius 3 is 2.75 bits per heavy atom. The molecule has 1 N–H and O–H groups in total. The summed E-state index contributed by atoms with van der Waals surface area (Å²) in [6.45, 7) is 6.85. The molecule has 0 aliphatic heterocycles. The molecule has 16 heavy (non-hydrogen) atoms. The van der Waals surface area contributed by atoms with E-state index in [1.165, 1.54) is 18.0 Å². The van der Waals surface area contributed by atoms with E-state index in [2.05, 4.69) is 28.5 Å². The lowest BCUT2D eigenvalue weighted by molar-refractivity contribution is 0.131. The van der Waals surface area contributed by atoms with Crippen LogP contribution in [0.3, 0.4) is 0 Å². The fourth-order valence-electron chi connectivity index (χ4n) is 1.19. The van der Waals surface area contributed by atoms with Crippen LogP contribution in [0.1, 0.15) is 38.9 Å². The summed E-state index contributed by atoms with van der Waals surface area (Å²) in [7, 11) is 0. The average molecular weight is 243 g/mol. The number of nitrogens with zero attached hydrogens (tertiary/aromatic N) is 2. The summed E-state index contributed by atoms with van der Waals surface area (Å²) in [6, 6.07) is 0. The number of hydrogen-bond donors (Lipinski definition) is 1. The van der Waals surface area contributed by atoms with Crippen molar-refractivity contribution in [2.75, 3.05) is 25.1 Å². The van der Waals surface area contributed by atoms with Gasteiger partial charge in [0.05, 0.1) is 0 Å². The standard InChI is InChI=1S/C11H21N3OS/c1-3-5-8-15-9-6-7-12-11-13-10(4-2)14-16-11/h3-9H2,1-2H3,(H,12,13,14). The Kier molecular flexibility index (Phi) is 7.09. The van der Waals surface area contributed by atoms with Crippen LogP contribution in [0.2, 0.25) is 0 Å². The maximum atomic E-state index is 5.47. The Balaban J connectivity index is 1.98. The zero-order chi connectivity index (χ0) is 11.6. The van der Waals surface area contributed by atoms with E-state index in [4.69, 9.17) is 4.74 Å². The fraction of sp³-hybridized carbons (Fsp3) is 0.818. The van der Waals surface area contributed by atoms with E-state index in [-0.39, 0.29) is 0 Å². The quantitative estimate of drug-likeness (QED) is 0.677. The summed E-state index contributed by atoms with van der Waals surface area (Å²) >= 11 is 1.43. The maximum absolute atomic E-state index is 5.47. The second-order valence-electron chi connectivity index (χ2n) is 3.62. The Hall–Kier alpha value is -0.680. The highest BCUT2D eigenvalue weighted by molar-refractivity contribution is 7.09. The van der Waals surface area contributed by atoms with E-state index in [0.717, 1.165) is 50.0 Å². The van der Waals surface area contributed by atoms with Gasteiger partial charge in [0.2, 0.25) is 5.13 Å². The number of anilines is 1. The summed E-state index contributed by atoms with van der Waals surface area (Å²) in [6.07, 6.45) is 4.27. The molecule has 0 amide bonds. The number of nitrogens with one attached hydrogen (secondary N) is 1.